The van der Waals surface area contributed by atoms with Gasteiger partial charge in [0.1, 0.15) is 11.3 Å². The molecule has 0 saturated heterocycles. The molecule has 1 N–H and O–H groups in total. The number of methoxy groups -OCH3 is 2. The lowest BCUT2D eigenvalue weighted by atomic mass is 9.95. The van der Waals surface area contributed by atoms with Crippen molar-refractivity contribution in [1.82, 2.24) is 15.0 Å². The largest absolute Gasteiger partial charge is 0.507 e. The van der Waals surface area contributed by atoms with E-state index in [2.05, 4.69) is 9.97 Å². The highest BCUT2D eigenvalue weighted by molar-refractivity contribution is 7.98. The molecule has 8 nitrogen and oxygen atoms in total. The molecule has 0 aliphatic rings. The second-order valence-corrected chi connectivity index (χ2v) is 9.74. The molecule has 0 fully saturated rings. The Morgan fingerprint density at radius 3 is 1.76 bits per heavy atom. The van der Waals surface area contributed by atoms with Gasteiger partial charge in [0.05, 0.1) is 31.2 Å². The zero-order valence-electron chi connectivity index (χ0n) is 22.5. The first-order valence-corrected chi connectivity index (χ1v) is 13.7. The first-order chi connectivity index (χ1) is 19.9. The SMILES string of the molecule is COC(=O)c1c(O)cc(-c2cccnc2)cc1-c1cccc(-c2cc(-c3cccnc3)cc(SC)c2C(=O)OC)n1. The van der Waals surface area contributed by atoms with E-state index in [0.29, 0.717) is 38.5 Å². The average molecular weight is 564 g/mol. The van der Waals surface area contributed by atoms with Crippen LogP contribution in [0.5, 0.6) is 5.75 Å². The molecule has 0 spiro atoms. The van der Waals surface area contributed by atoms with Crippen molar-refractivity contribution < 1.29 is 24.2 Å². The molecule has 204 valence electrons. The first kappa shape index (κ1) is 27.5. The summed E-state index contributed by atoms with van der Waals surface area (Å²) in [5, 5.41) is 10.9. The van der Waals surface area contributed by atoms with Crippen molar-refractivity contribution in [1.29, 1.82) is 0 Å². The van der Waals surface area contributed by atoms with E-state index < -0.39 is 11.9 Å². The summed E-state index contributed by atoms with van der Waals surface area (Å²) in [5.41, 5.74) is 5.26. The van der Waals surface area contributed by atoms with E-state index >= 15 is 0 Å². The number of hydrogen-bond donors (Lipinski definition) is 1. The van der Waals surface area contributed by atoms with E-state index in [1.54, 1.807) is 55.1 Å². The molecular weight excluding hydrogens is 538 g/mol. The summed E-state index contributed by atoms with van der Waals surface area (Å²) in [6.45, 7) is 0. The van der Waals surface area contributed by atoms with Crippen molar-refractivity contribution in [3.8, 4) is 50.5 Å². The predicted molar refractivity (Wildman–Crippen MR) is 158 cm³/mol. The van der Waals surface area contributed by atoms with Crippen molar-refractivity contribution in [2.24, 2.45) is 0 Å². The van der Waals surface area contributed by atoms with E-state index in [4.69, 9.17) is 14.5 Å². The molecule has 0 aliphatic heterocycles. The second kappa shape index (κ2) is 12.0. The number of phenols is 1. The van der Waals surface area contributed by atoms with Gasteiger partial charge < -0.3 is 14.6 Å². The molecule has 5 aromatic rings. The van der Waals surface area contributed by atoms with Gasteiger partial charge in [-0.25, -0.2) is 14.6 Å². The number of thioether (sulfide) groups is 1. The fourth-order valence-corrected chi connectivity index (χ4v) is 5.21. The summed E-state index contributed by atoms with van der Waals surface area (Å²) >= 11 is 1.42. The number of esters is 2. The zero-order valence-corrected chi connectivity index (χ0v) is 23.3. The summed E-state index contributed by atoms with van der Waals surface area (Å²) in [6, 6.07) is 19.8. The van der Waals surface area contributed by atoms with Crippen molar-refractivity contribution in [2.75, 3.05) is 20.5 Å². The number of hydrogen-bond acceptors (Lipinski definition) is 9. The molecule has 5 rings (SSSR count). The number of carbonyl (C=O) groups excluding carboxylic acids is 2. The Morgan fingerprint density at radius 2 is 1.24 bits per heavy atom. The summed E-state index contributed by atoms with van der Waals surface area (Å²) in [6.07, 6.45) is 8.65. The summed E-state index contributed by atoms with van der Waals surface area (Å²) in [4.78, 5) is 39.9. The van der Waals surface area contributed by atoms with Crippen LogP contribution in [-0.2, 0) is 9.47 Å². The molecular formula is C32H25N3O5S. The fraction of sp³-hybridized carbons (Fsp3) is 0.0938. The fourth-order valence-electron chi connectivity index (χ4n) is 4.57. The monoisotopic (exact) mass is 563 g/mol. The number of rotatable bonds is 7. The van der Waals surface area contributed by atoms with Crippen LogP contribution in [0.2, 0.25) is 0 Å². The van der Waals surface area contributed by atoms with Crippen LogP contribution >= 0.6 is 11.8 Å². The highest BCUT2D eigenvalue weighted by Crippen LogP contribution is 2.39. The molecule has 0 bridgehead atoms. The summed E-state index contributed by atoms with van der Waals surface area (Å²) < 4.78 is 10.1. The van der Waals surface area contributed by atoms with E-state index in [-0.39, 0.29) is 11.3 Å². The Bertz CT molecular complexity index is 1740. The van der Waals surface area contributed by atoms with Crippen molar-refractivity contribution in [3.63, 3.8) is 0 Å². The summed E-state index contributed by atoms with van der Waals surface area (Å²) in [5.74, 6) is -1.46. The van der Waals surface area contributed by atoms with E-state index in [0.717, 1.165) is 16.7 Å². The number of aromatic hydroxyl groups is 1. The first-order valence-electron chi connectivity index (χ1n) is 12.5. The molecule has 41 heavy (non-hydrogen) atoms. The Labute approximate surface area is 241 Å². The van der Waals surface area contributed by atoms with Crippen LogP contribution in [0.25, 0.3) is 44.8 Å². The lowest BCUT2D eigenvalue weighted by molar-refractivity contribution is 0.0589. The number of carbonyl (C=O) groups is 2. The lowest BCUT2D eigenvalue weighted by Crippen LogP contribution is -2.08. The van der Waals surface area contributed by atoms with Crippen LogP contribution < -0.4 is 0 Å². The third-order valence-corrected chi connectivity index (χ3v) is 7.27. The van der Waals surface area contributed by atoms with Gasteiger partial charge in [-0.2, -0.15) is 0 Å². The normalized spacial score (nSPS) is 10.7. The minimum atomic E-state index is -0.707. The number of phenolic OH excluding ortho intramolecular Hbond substituents is 1. The third-order valence-electron chi connectivity index (χ3n) is 6.51. The molecule has 3 aromatic heterocycles. The van der Waals surface area contributed by atoms with Crippen molar-refractivity contribution in [2.45, 2.75) is 4.90 Å². The van der Waals surface area contributed by atoms with Gasteiger partial charge in [0.2, 0.25) is 0 Å². The van der Waals surface area contributed by atoms with Gasteiger partial charge in [0, 0.05) is 51.9 Å². The van der Waals surface area contributed by atoms with Gasteiger partial charge in [0.25, 0.3) is 0 Å². The molecule has 0 saturated carbocycles. The standard InChI is InChI=1S/C32H25N3O5S/c1-39-31(37)29-23(13-21(15-27(29)36)19-7-5-11-33-17-19)25-9-4-10-26(35-25)24-14-22(20-8-6-12-34-18-20)16-28(41-3)30(24)32(38)40-2/h4-18,36H,1-3H3. The van der Waals surface area contributed by atoms with Gasteiger partial charge in [-0.1, -0.05) is 18.2 Å². The van der Waals surface area contributed by atoms with Gasteiger partial charge in [-0.3, -0.25) is 9.97 Å². The maximum Gasteiger partial charge on any atom is 0.342 e. The maximum atomic E-state index is 13.0. The van der Waals surface area contributed by atoms with E-state index in [1.807, 2.05) is 36.6 Å². The quantitative estimate of drug-likeness (QED) is 0.174. The number of benzene rings is 2. The minimum Gasteiger partial charge on any atom is -0.507 e. The second-order valence-electron chi connectivity index (χ2n) is 8.89. The van der Waals surface area contributed by atoms with Crippen LogP contribution in [0.3, 0.4) is 0 Å². The number of nitrogens with zero attached hydrogens (tertiary/aromatic N) is 3. The van der Waals surface area contributed by atoms with Gasteiger partial charge in [-0.05, 0) is 65.9 Å². The summed E-state index contributed by atoms with van der Waals surface area (Å²) in [7, 11) is 2.59. The Morgan fingerprint density at radius 1 is 0.707 bits per heavy atom. The minimum absolute atomic E-state index is 0.0214. The van der Waals surface area contributed by atoms with Crippen LogP contribution in [0.15, 0.2) is 96.4 Å². The van der Waals surface area contributed by atoms with Gasteiger partial charge in [0.15, 0.2) is 0 Å². The van der Waals surface area contributed by atoms with Crippen LogP contribution in [0.1, 0.15) is 20.7 Å². The lowest BCUT2D eigenvalue weighted by Gasteiger charge is -2.16. The predicted octanol–water partition coefficient (Wildman–Crippen LogP) is 6.54. The van der Waals surface area contributed by atoms with Gasteiger partial charge in [-0.15, -0.1) is 11.8 Å². The van der Waals surface area contributed by atoms with Crippen LogP contribution in [0.4, 0.5) is 0 Å². The highest BCUT2D eigenvalue weighted by Gasteiger charge is 2.24. The topological polar surface area (TPSA) is 112 Å². The molecule has 0 atom stereocenters. The Balaban J connectivity index is 1.75. The molecule has 0 aliphatic carbocycles. The zero-order chi connectivity index (χ0) is 28.9. The molecule has 0 radical (unpaired) electrons. The van der Waals surface area contributed by atoms with Crippen molar-refractivity contribution in [3.05, 3.63) is 103 Å². The number of ether oxygens (including phenoxy) is 2. The van der Waals surface area contributed by atoms with Crippen LogP contribution in [0, 0.1) is 0 Å². The van der Waals surface area contributed by atoms with Gasteiger partial charge >= 0.3 is 11.9 Å². The molecule has 0 unspecified atom stereocenters. The average Bonchev–Trinajstić information content (AvgIpc) is 3.03. The highest BCUT2D eigenvalue weighted by atomic mass is 32.2. The molecule has 9 heteroatoms. The molecule has 0 amide bonds. The molecule has 2 aromatic carbocycles. The van der Waals surface area contributed by atoms with E-state index in [9.17, 15) is 14.7 Å². The number of pyridine rings is 3. The van der Waals surface area contributed by atoms with Crippen LogP contribution in [-0.4, -0.2) is 52.5 Å². The Kier molecular flexibility index (Phi) is 8.07. The maximum absolute atomic E-state index is 13.0. The molecule has 3 heterocycles. The third kappa shape index (κ3) is 5.53. The van der Waals surface area contributed by atoms with Crippen molar-refractivity contribution >= 4 is 23.7 Å². The number of aromatic nitrogens is 3. The smallest absolute Gasteiger partial charge is 0.342 e. The van der Waals surface area contributed by atoms with E-state index in [1.165, 1.54) is 32.0 Å². The Hall–Kier alpha value is -5.02.